The summed E-state index contributed by atoms with van der Waals surface area (Å²) in [5.41, 5.74) is 9.66. The zero-order valence-corrected chi connectivity index (χ0v) is 30.3. The van der Waals surface area contributed by atoms with Gasteiger partial charge in [-0.2, -0.15) is 0 Å². The van der Waals surface area contributed by atoms with Gasteiger partial charge in [0.05, 0.1) is 11.4 Å². The first kappa shape index (κ1) is 34.2. The van der Waals surface area contributed by atoms with Crippen LogP contribution in [0.5, 0.6) is 5.75 Å². The van der Waals surface area contributed by atoms with Crippen LogP contribution in [-0.4, -0.2) is 15.1 Å². The molecular weight excluding hydrogens is 820 g/mol. The van der Waals surface area contributed by atoms with E-state index in [9.17, 15) is 5.11 Å². The second-order valence-electron chi connectivity index (χ2n) is 12.0. The van der Waals surface area contributed by atoms with Gasteiger partial charge in [-0.25, -0.2) is 4.98 Å². The van der Waals surface area contributed by atoms with Crippen LogP contribution in [-0.2, 0) is 21.1 Å². The Kier molecular flexibility index (Phi) is 10.3. The van der Waals surface area contributed by atoms with Crippen molar-refractivity contribution in [1.29, 1.82) is 0 Å². The van der Waals surface area contributed by atoms with Crippen LogP contribution in [0.25, 0.3) is 33.6 Å². The summed E-state index contributed by atoms with van der Waals surface area (Å²) in [6.07, 6.45) is 1.81. The fourth-order valence-electron chi connectivity index (χ4n) is 6.34. The van der Waals surface area contributed by atoms with E-state index in [2.05, 4.69) is 88.7 Å². The second-order valence-corrected chi connectivity index (χ2v) is 12.0. The summed E-state index contributed by atoms with van der Waals surface area (Å²) in [5.74, 6) is 0.931. The topological polar surface area (TPSA) is 52.5 Å². The molecule has 6 heteroatoms. The molecule has 8 rings (SSSR count). The summed E-state index contributed by atoms with van der Waals surface area (Å²) >= 11 is 0. The number of para-hydroxylation sites is 4. The minimum absolute atomic E-state index is 0. The van der Waals surface area contributed by atoms with Crippen LogP contribution >= 0.6 is 0 Å². The number of benzene rings is 6. The Morgan fingerprint density at radius 2 is 1.08 bits per heavy atom. The number of aromatic hydroxyl groups is 1. The van der Waals surface area contributed by atoms with Crippen molar-refractivity contribution in [3.8, 4) is 39.4 Å². The van der Waals surface area contributed by atoms with Gasteiger partial charge >= 0.3 is 0 Å². The van der Waals surface area contributed by atoms with Crippen molar-refractivity contribution < 1.29 is 26.2 Å². The minimum Gasteiger partial charge on any atom is -0.507 e. The summed E-state index contributed by atoms with van der Waals surface area (Å²) in [6, 6.07) is 66.5. The van der Waals surface area contributed by atoms with Gasteiger partial charge in [0.15, 0.2) is 0 Å². The maximum absolute atomic E-state index is 11.0. The van der Waals surface area contributed by atoms with E-state index in [1.807, 2.05) is 115 Å². The molecule has 0 amide bonds. The molecule has 0 aliphatic carbocycles. The van der Waals surface area contributed by atoms with Gasteiger partial charge in [0.25, 0.3) is 0 Å². The van der Waals surface area contributed by atoms with Gasteiger partial charge in [-0.15, -0.1) is 29.8 Å². The fraction of sp³-hybridized carbons (Fsp3) is 0. The van der Waals surface area contributed by atoms with Crippen LogP contribution in [0.3, 0.4) is 0 Å². The van der Waals surface area contributed by atoms with Crippen LogP contribution in [0, 0.1) is 6.07 Å². The van der Waals surface area contributed by atoms with Gasteiger partial charge in [-0.1, -0.05) is 109 Å². The Morgan fingerprint density at radius 1 is 0.481 bits per heavy atom. The fourth-order valence-corrected chi connectivity index (χ4v) is 6.34. The van der Waals surface area contributed by atoms with Crippen molar-refractivity contribution in [3.63, 3.8) is 0 Å². The molecule has 2 aromatic heterocycles. The first-order valence-corrected chi connectivity index (χ1v) is 16.8. The Labute approximate surface area is 318 Å². The van der Waals surface area contributed by atoms with E-state index in [1.165, 1.54) is 0 Å². The molecule has 0 unspecified atom stereocenters. The van der Waals surface area contributed by atoms with E-state index in [4.69, 9.17) is 9.97 Å². The molecule has 1 N–H and O–H groups in total. The van der Waals surface area contributed by atoms with Crippen LogP contribution in [0.1, 0.15) is 0 Å². The average molecular weight is 853 g/mol. The average Bonchev–Trinajstić information content (AvgIpc) is 3.20. The van der Waals surface area contributed by atoms with Crippen molar-refractivity contribution in [2.45, 2.75) is 0 Å². The Balaban J connectivity index is 0.00000420. The number of pyridine rings is 2. The van der Waals surface area contributed by atoms with E-state index < -0.39 is 0 Å². The van der Waals surface area contributed by atoms with Gasteiger partial charge in [0, 0.05) is 55.5 Å². The van der Waals surface area contributed by atoms with E-state index in [1.54, 1.807) is 6.07 Å². The molecule has 8 aromatic rings. The molecule has 52 heavy (non-hydrogen) atoms. The number of hydrogen-bond acceptors (Lipinski definition) is 5. The Hall–Kier alpha value is -6.29. The van der Waals surface area contributed by atoms with Crippen LogP contribution in [0.15, 0.2) is 194 Å². The monoisotopic (exact) mass is 852 g/mol. The third-order valence-electron chi connectivity index (χ3n) is 8.68. The van der Waals surface area contributed by atoms with Gasteiger partial charge in [-0.05, 0) is 77.6 Å². The molecule has 0 bridgehead atoms. The number of hydrogen-bond donors (Lipinski definition) is 1. The van der Waals surface area contributed by atoms with Crippen molar-refractivity contribution in [2.75, 3.05) is 9.80 Å². The van der Waals surface area contributed by atoms with Gasteiger partial charge in [0.2, 0.25) is 0 Å². The summed E-state index contributed by atoms with van der Waals surface area (Å²) in [6.45, 7) is 0. The first-order valence-electron chi connectivity index (χ1n) is 16.8. The van der Waals surface area contributed by atoms with Gasteiger partial charge < -0.3 is 14.9 Å². The van der Waals surface area contributed by atoms with Crippen molar-refractivity contribution in [3.05, 3.63) is 200 Å². The second kappa shape index (κ2) is 15.7. The predicted octanol–water partition coefficient (Wildman–Crippen LogP) is 11.9. The summed E-state index contributed by atoms with van der Waals surface area (Å²) in [7, 11) is 0. The minimum atomic E-state index is 0. The van der Waals surface area contributed by atoms with Crippen molar-refractivity contribution in [2.24, 2.45) is 0 Å². The number of phenols is 1. The molecule has 6 aromatic carbocycles. The molecule has 254 valence electrons. The third-order valence-corrected chi connectivity index (χ3v) is 8.68. The standard InChI is InChI=1S/C46H33N4O.Pt/c51-45-28-13-11-26-41(45)43-33-39(49(36-20-6-2-7-21-36)37-22-8-3-9-23-37)32-42(48-43)35-19-16-24-38(31-35)50(46-29-14-15-30-47-46)44-27-12-10-25-40(44)34-17-4-1-5-18-34;/h1-30,32-33,51H;/q-1;. The molecule has 0 fully saturated rings. The molecule has 2 heterocycles. The van der Waals surface area contributed by atoms with E-state index in [0.29, 0.717) is 17.0 Å². The predicted molar refractivity (Wildman–Crippen MR) is 208 cm³/mol. The molecule has 5 nitrogen and oxygen atoms in total. The van der Waals surface area contributed by atoms with Crippen molar-refractivity contribution in [1.82, 2.24) is 9.97 Å². The summed E-state index contributed by atoms with van der Waals surface area (Å²) in [4.78, 5) is 14.3. The maximum atomic E-state index is 11.0. The van der Waals surface area contributed by atoms with Crippen LogP contribution in [0.2, 0.25) is 0 Å². The third kappa shape index (κ3) is 7.13. The van der Waals surface area contributed by atoms with Gasteiger partial charge in [0.1, 0.15) is 11.6 Å². The van der Waals surface area contributed by atoms with E-state index in [-0.39, 0.29) is 26.8 Å². The first-order chi connectivity index (χ1) is 25.2. The Bertz CT molecular complexity index is 2350. The van der Waals surface area contributed by atoms with E-state index >= 15 is 0 Å². The largest absolute Gasteiger partial charge is 0.507 e. The van der Waals surface area contributed by atoms with Crippen LogP contribution < -0.4 is 9.80 Å². The number of nitrogens with zero attached hydrogens (tertiary/aromatic N) is 4. The van der Waals surface area contributed by atoms with Crippen LogP contribution in [0.4, 0.5) is 34.3 Å². The number of rotatable bonds is 9. The molecule has 0 aliphatic heterocycles. The molecule has 0 saturated heterocycles. The number of anilines is 6. The Morgan fingerprint density at radius 3 is 1.75 bits per heavy atom. The molecule has 0 spiro atoms. The summed E-state index contributed by atoms with van der Waals surface area (Å²) < 4.78 is 0. The number of aromatic nitrogens is 2. The molecular formula is C46H33N4OPt-. The smallest absolute Gasteiger partial charge is 0.136 e. The SMILES string of the molecule is Oc1ccccc1-c1cc(N(c2ccccc2)c2ccccc2)cc(-c2[c-]c(N(c3ccccn3)c3ccccc3-c3ccccc3)ccc2)n1.[Pt]. The maximum Gasteiger partial charge on any atom is 0.136 e. The molecule has 0 saturated carbocycles. The van der Waals surface area contributed by atoms with E-state index in [0.717, 1.165) is 50.9 Å². The van der Waals surface area contributed by atoms with Crippen molar-refractivity contribution >= 4 is 34.3 Å². The zero-order valence-electron chi connectivity index (χ0n) is 28.0. The molecule has 0 radical (unpaired) electrons. The number of phenolic OH excluding ortho intramolecular Hbond substituents is 1. The zero-order chi connectivity index (χ0) is 34.4. The van der Waals surface area contributed by atoms with Gasteiger partial charge in [-0.3, -0.25) is 4.98 Å². The molecule has 0 atom stereocenters. The summed E-state index contributed by atoms with van der Waals surface area (Å²) in [5, 5.41) is 11.0. The quantitative estimate of drug-likeness (QED) is 0.147. The normalized spacial score (nSPS) is 10.6. The molecule has 0 aliphatic rings.